The highest BCUT2D eigenvalue weighted by molar-refractivity contribution is 7.91. The summed E-state index contributed by atoms with van der Waals surface area (Å²) in [6, 6.07) is 6.17. The van der Waals surface area contributed by atoms with Crippen molar-refractivity contribution >= 4 is 38.7 Å². The SMILES string of the molecule is Nc1ncnn2c(CN3CCS(=O)(=O)CC3)cc(-c3ccc(NC(=O)Nc4cc(C(F)(F)F)ccn4)c(F)c3)c12. The molecule has 0 aliphatic carbocycles. The first-order valence-electron chi connectivity index (χ1n) is 11.8. The summed E-state index contributed by atoms with van der Waals surface area (Å²) in [5.74, 6) is -0.927. The Morgan fingerprint density at radius 3 is 2.50 bits per heavy atom. The molecule has 4 aromatic rings. The molecular formula is C24H22F4N8O3S. The van der Waals surface area contributed by atoms with Crippen molar-refractivity contribution in [1.82, 2.24) is 24.5 Å². The first-order valence-corrected chi connectivity index (χ1v) is 13.7. The quantitative estimate of drug-likeness (QED) is 0.305. The number of benzene rings is 1. The van der Waals surface area contributed by atoms with E-state index in [-0.39, 0.29) is 28.8 Å². The largest absolute Gasteiger partial charge is 0.416 e. The molecule has 1 saturated heterocycles. The fourth-order valence-electron chi connectivity index (χ4n) is 4.33. The lowest BCUT2D eigenvalue weighted by molar-refractivity contribution is -0.137. The van der Waals surface area contributed by atoms with Gasteiger partial charge in [-0.15, -0.1) is 0 Å². The average molecular weight is 579 g/mol. The third kappa shape index (κ3) is 5.81. The molecule has 4 N–H and O–H groups in total. The number of rotatable bonds is 5. The number of urea groups is 1. The molecular weight excluding hydrogens is 556 g/mol. The van der Waals surface area contributed by atoms with Crippen LogP contribution in [0.3, 0.4) is 0 Å². The molecule has 2 amide bonds. The van der Waals surface area contributed by atoms with E-state index >= 15 is 4.39 Å². The fourth-order valence-corrected chi connectivity index (χ4v) is 5.61. The zero-order valence-corrected chi connectivity index (χ0v) is 21.4. The normalized spacial score (nSPS) is 15.7. The minimum absolute atomic E-state index is 0.0529. The topological polar surface area (TPSA) is 148 Å². The number of nitrogen functional groups attached to an aromatic ring is 1. The van der Waals surface area contributed by atoms with Crippen LogP contribution in [0, 0.1) is 5.82 Å². The van der Waals surface area contributed by atoms with Gasteiger partial charge in [-0.1, -0.05) is 6.07 Å². The van der Waals surface area contributed by atoms with E-state index in [1.165, 1.54) is 18.5 Å². The molecule has 0 spiro atoms. The van der Waals surface area contributed by atoms with Crippen LogP contribution in [0.25, 0.3) is 16.6 Å². The Kier molecular flexibility index (Phi) is 7.05. The number of hydrogen-bond acceptors (Lipinski definition) is 8. The summed E-state index contributed by atoms with van der Waals surface area (Å²) < 4.78 is 78.9. The maximum Gasteiger partial charge on any atom is 0.416 e. The second-order valence-corrected chi connectivity index (χ2v) is 11.4. The highest BCUT2D eigenvalue weighted by atomic mass is 32.2. The van der Waals surface area contributed by atoms with Crippen LogP contribution in [-0.4, -0.2) is 63.5 Å². The third-order valence-electron chi connectivity index (χ3n) is 6.34. The molecule has 40 heavy (non-hydrogen) atoms. The molecule has 16 heteroatoms. The molecule has 0 atom stereocenters. The number of pyridine rings is 1. The van der Waals surface area contributed by atoms with Crippen molar-refractivity contribution in [3.05, 3.63) is 66.0 Å². The number of fused-ring (bicyclic) bond motifs is 1. The van der Waals surface area contributed by atoms with Gasteiger partial charge < -0.3 is 11.1 Å². The summed E-state index contributed by atoms with van der Waals surface area (Å²) in [4.78, 5) is 22.0. The molecule has 0 saturated carbocycles. The highest BCUT2D eigenvalue weighted by Crippen LogP contribution is 2.33. The van der Waals surface area contributed by atoms with Crippen LogP contribution in [-0.2, 0) is 22.6 Å². The highest BCUT2D eigenvalue weighted by Gasteiger charge is 2.31. The Labute approximate surface area is 224 Å². The number of amides is 2. The van der Waals surface area contributed by atoms with Crippen LogP contribution in [0.1, 0.15) is 11.3 Å². The molecule has 210 valence electrons. The van der Waals surface area contributed by atoms with Gasteiger partial charge in [-0.05, 0) is 35.9 Å². The van der Waals surface area contributed by atoms with Gasteiger partial charge in [-0.3, -0.25) is 10.2 Å². The minimum Gasteiger partial charge on any atom is -0.382 e. The Balaban J connectivity index is 1.37. The Bertz CT molecular complexity index is 1690. The predicted molar refractivity (Wildman–Crippen MR) is 139 cm³/mol. The van der Waals surface area contributed by atoms with Crippen molar-refractivity contribution in [1.29, 1.82) is 0 Å². The van der Waals surface area contributed by atoms with E-state index in [4.69, 9.17) is 5.73 Å². The molecule has 3 aromatic heterocycles. The number of carbonyl (C=O) groups excluding carboxylic acids is 1. The lowest BCUT2D eigenvalue weighted by atomic mass is 10.1. The summed E-state index contributed by atoms with van der Waals surface area (Å²) in [6.07, 6.45) is -2.45. The van der Waals surface area contributed by atoms with Crippen molar-refractivity contribution < 1.29 is 30.8 Å². The molecule has 1 aliphatic rings. The number of carbonyl (C=O) groups is 1. The smallest absolute Gasteiger partial charge is 0.382 e. The Morgan fingerprint density at radius 2 is 1.80 bits per heavy atom. The van der Waals surface area contributed by atoms with Gasteiger partial charge in [0.25, 0.3) is 0 Å². The minimum atomic E-state index is -4.62. The third-order valence-corrected chi connectivity index (χ3v) is 7.95. The van der Waals surface area contributed by atoms with E-state index in [2.05, 4.69) is 25.7 Å². The number of aromatic nitrogens is 4. The lowest BCUT2D eigenvalue weighted by Gasteiger charge is -2.26. The zero-order chi connectivity index (χ0) is 28.7. The van der Waals surface area contributed by atoms with Crippen LogP contribution in [0.5, 0.6) is 0 Å². The zero-order valence-electron chi connectivity index (χ0n) is 20.6. The van der Waals surface area contributed by atoms with Crippen molar-refractivity contribution in [3.63, 3.8) is 0 Å². The van der Waals surface area contributed by atoms with E-state index < -0.39 is 33.4 Å². The number of nitrogens with one attached hydrogen (secondary N) is 2. The first-order chi connectivity index (χ1) is 18.9. The van der Waals surface area contributed by atoms with Crippen molar-refractivity contribution in [2.24, 2.45) is 0 Å². The predicted octanol–water partition coefficient (Wildman–Crippen LogP) is 3.41. The summed E-state index contributed by atoms with van der Waals surface area (Å²) in [5.41, 5.74) is 6.92. The second kappa shape index (κ2) is 10.3. The van der Waals surface area contributed by atoms with Crippen LogP contribution < -0.4 is 16.4 Å². The maximum atomic E-state index is 15.1. The van der Waals surface area contributed by atoms with Crippen LogP contribution in [0.2, 0.25) is 0 Å². The number of nitrogens with two attached hydrogens (primary N) is 1. The average Bonchev–Trinajstić information content (AvgIpc) is 3.26. The second-order valence-electron chi connectivity index (χ2n) is 9.08. The molecule has 4 heterocycles. The molecule has 1 aromatic carbocycles. The van der Waals surface area contributed by atoms with Gasteiger partial charge in [-0.2, -0.15) is 18.3 Å². The van der Waals surface area contributed by atoms with Crippen molar-refractivity contribution in [2.75, 3.05) is 41.0 Å². The fraction of sp³-hybridized carbons (Fsp3) is 0.250. The summed E-state index contributed by atoms with van der Waals surface area (Å²) in [5, 5.41) is 8.67. The molecule has 0 bridgehead atoms. The van der Waals surface area contributed by atoms with Gasteiger partial charge in [0.05, 0.1) is 28.5 Å². The van der Waals surface area contributed by atoms with Crippen LogP contribution in [0.4, 0.5) is 39.7 Å². The van der Waals surface area contributed by atoms with Gasteiger partial charge in [0.1, 0.15) is 23.5 Å². The van der Waals surface area contributed by atoms with Gasteiger partial charge in [-0.25, -0.2) is 32.1 Å². The van der Waals surface area contributed by atoms with Crippen molar-refractivity contribution in [3.8, 4) is 11.1 Å². The number of anilines is 3. The van der Waals surface area contributed by atoms with E-state index in [1.54, 1.807) is 10.6 Å². The van der Waals surface area contributed by atoms with E-state index in [0.717, 1.165) is 18.3 Å². The monoisotopic (exact) mass is 578 g/mol. The first kappa shape index (κ1) is 27.3. The molecule has 1 aliphatic heterocycles. The summed E-state index contributed by atoms with van der Waals surface area (Å²) in [6.45, 7) is 1.09. The number of sulfone groups is 1. The molecule has 0 unspecified atom stereocenters. The number of halogens is 4. The van der Waals surface area contributed by atoms with Crippen LogP contribution >= 0.6 is 0 Å². The molecule has 11 nitrogen and oxygen atoms in total. The van der Waals surface area contributed by atoms with E-state index in [9.17, 15) is 26.4 Å². The van der Waals surface area contributed by atoms with Gasteiger partial charge in [0.2, 0.25) is 0 Å². The van der Waals surface area contributed by atoms with Gasteiger partial charge in [0.15, 0.2) is 15.7 Å². The standard InChI is InChI=1S/C24H22F4N8O3S/c25-18-9-14(1-2-19(18)33-23(37)34-20-10-15(3-4-30-20)24(26,27)28)17-11-16(36-21(17)22(29)31-13-32-36)12-35-5-7-40(38,39)8-6-35/h1-4,9-11,13H,5-8,12H2,(H2,29,31,32)(H2,30,33,34,37). The van der Waals surface area contributed by atoms with E-state index in [0.29, 0.717) is 48.0 Å². The van der Waals surface area contributed by atoms with Crippen molar-refractivity contribution in [2.45, 2.75) is 12.7 Å². The van der Waals surface area contributed by atoms with Gasteiger partial charge >= 0.3 is 12.2 Å². The molecule has 0 radical (unpaired) electrons. The molecule has 5 rings (SSSR count). The van der Waals surface area contributed by atoms with Gasteiger partial charge in [0, 0.05) is 31.4 Å². The molecule has 1 fully saturated rings. The Morgan fingerprint density at radius 1 is 1.05 bits per heavy atom. The number of alkyl halides is 3. The number of hydrogen-bond donors (Lipinski definition) is 3. The summed E-state index contributed by atoms with van der Waals surface area (Å²) in [7, 11) is -3.06. The summed E-state index contributed by atoms with van der Waals surface area (Å²) >= 11 is 0. The lowest BCUT2D eigenvalue weighted by Crippen LogP contribution is -2.39. The number of nitrogens with zero attached hydrogens (tertiary/aromatic N) is 5. The van der Waals surface area contributed by atoms with Crippen LogP contribution in [0.15, 0.2) is 48.9 Å². The van der Waals surface area contributed by atoms with E-state index in [1.807, 2.05) is 4.90 Å². The maximum absolute atomic E-state index is 15.1. The Hall–Kier alpha value is -4.31.